The van der Waals surface area contributed by atoms with Crippen LogP contribution >= 0.6 is 0 Å². The number of rotatable bonds is 18. The zero-order valence-corrected chi connectivity index (χ0v) is 36.5. The molecule has 6 aromatic carbocycles. The maximum atomic E-state index is 7.07. The van der Waals surface area contributed by atoms with Crippen molar-refractivity contribution in [2.24, 2.45) is 17.8 Å². The Morgan fingerprint density at radius 1 is 0.581 bits per heavy atom. The molecule has 62 heavy (non-hydrogen) atoms. The second-order valence-electron chi connectivity index (χ2n) is 16.9. The largest absolute Gasteiger partial charge is 0.493 e. The average molecular weight is 833 g/mol. The van der Waals surface area contributed by atoms with E-state index in [1.807, 2.05) is 60.7 Å². The van der Waals surface area contributed by atoms with Crippen LogP contribution in [0.5, 0.6) is 11.5 Å². The SMILES string of the molecule is COc1cc(C2c3cc(C)c(C)cc3CC(COCc3ccccc3)C2COC2OCC(OCc3ccccc3)C(C)C2OCc2ccccc2)ccc1OCc1ccccc1. The molecule has 1 fully saturated rings. The first-order chi connectivity index (χ1) is 30.4. The van der Waals surface area contributed by atoms with Crippen molar-refractivity contribution in [1.29, 1.82) is 0 Å². The number of hydrogen-bond acceptors (Lipinski definition) is 7. The summed E-state index contributed by atoms with van der Waals surface area (Å²) in [7, 11) is 1.71. The van der Waals surface area contributed by atoms with Gasteiger partial charge in [0.25, 0.3) is 0 Å². The molecular weight excluding hydrogens is 773 g/mol. The van der Waals surface area contributed by atoms with E-state index < -0.39 is 6.29 Å². The van der Waals surface area contributed by atoms with E-state index in [2.05, 4.69) is 112 Å². The summed E-state index contributed by atoms with van der Waals surface area (Å²) in [5, 5.41) is 0. The minimum atomic E-state index is -0.596. The van der Waals surface area contributed by atoms with Gasteiger partial charge in [-0.05, 0) is 94.3 Å². The van der Waals surface area contributed by atoms with Gasteiger partial charge in [0.1, 0.15) is 12.7 Å². The molecule has 7 heteroatoms. The fraction of sp³-hybridized carbons (Fsp3) is 0.345. The number of benzene rings is 6. The van der Waals surface area contributed by atoms with Crippen molar-refractivity contribution < 1.29 is 33.2 Å². The number of fused-ring (bicyclic) bond motifs is 1. The molecule has 8 rings (SSSR count). The summed E-state index contributed by atoms with van der Waals surface area (Å²) in [6.07, 6.45) is -0.249. The quantitative estimate of drug-likeness (QED) is 0.0854. The zero-order chi connectivity index (χ0) is 42.7. The van der Waals surface area contributed by atoms with Gasteiger partial charge in [0.15, 0.2) is 17.8 Å². The van der Waals surface area contributed by atoms with Crippen LogP contribution in [0.15, 0.2) is 152 Å². The van der Waals surface area contributed by atoms with Crippen LogP contribution in [0.4, 0.5) is 0 Å². The Hall–Kier alpha value is -5.28. The van der Waals surface area contributed by atoms with Crippen LogP contribution in [-0.4, -0.2) is 45.4 Å². The van der Waals surface area contributed by atoms with E-state index in [4.69, 9.17) is 33.2 Å². The lowest BCUT2D eigenvalue weighted by Gasteiger charge is -2.44. The molecule has 7 atom stereocenters. The maximum absolute atomic E-state index is 7.07. The van der Waals surface area contributed by atoms with Crippen molar-refractivity contribution in [2.45, 2.75) is 78.0 Å². The summed E-state index contributed by atoms with van der Waals surface area (Å²) >= 11 is 0. The molecule has 1 saturated heterocycles. The van der Waals surface area contributed by atoms with Gasteiger partial charge in [-0.15, -0.1) is 0 Å². The lowest BCUT2D eigenvalue weighted by atomic mass is 9.66. The molecule has 0 saturated carbocycles. The highest BCUT2D eigenvalue weighted by Gasteiger charge is 2.43. The van der Waals surface area contributed by atoms with E-state index in [0.717, 1.165) is 34.2 Å². The first kappa shape index (κ1) is 43.4. The lowest BCUT2D eigenvalue weighted by molar-refractivity contribution is -0.279. The number of ether oxygens (including phenoxy) is 7. The van der Waals surface area contributed by atoms with E-state index in [1.165, 1.54) is 22.3 Å². The second kappa shape index (κ2) is 21.2. The Morgan fingerprint density at radius 3 is 1.79 bits per heavy atom. The molecule has 0 radical (unpaired) electrons. The van der Waals surface area contributed by atoms with Gasteiger partial charge in [-0.1, -0.05) is 146 Å². The zero-order valence-electron chi connectivity index (χ0n) is 36.5. The molecule has 7 nitrogen and oxygen atoms in total. The van der Waals surface area contributed by atoms with Gasteiger partial charge in [0.05, 0.1) is 52.9 Å². The van der Waals surface area contributed by atoms with Crippen LogP contribution in [0.3, 0.4) is 0 Å². The highest BCUT2D eigenvalue weighted by atomic mass is 16.7. The molecule has 0 amide bonds. The van der Waals surface area contributed by atoms with Gasteiger partial charge in [0.2, 0.25) is 0 Å². The Bertz CT molecular complexity index is 2280. The van der Waals surface area contributed by atoms with Crippen molar-refractivity contribution in [1.82, 2.24) is 0 Å². The molecule has 7 unspecified atom stereocenters. The molecule has 1 heterocycles. The standard InChI is InChI=1S/C55H60O7/c1-38-27-46-29-47(35-57-31-41-17-9-5-10-18-41)49(53(48(46)28-39(38)2)45-25-26-50(51(30-45)56-4)58-32-42-19-11-6-12-20-42)36-61-55-54(60-34-44-23-15-8-16-24-44)40(3)52(37-62-55)59-33-43-21-13-7-14-22-43/h5-28,30,40,47,49,52-55H,29,31-37H2,1-4H3. The van der Waals surface area contributed by atoms with Gasteiger partial charge in [0, 0.05) is 11.8 Å². The first-order valence-electron chi connectivity index (χ1n) is 22.0. The van der Waals surface area contributed by atoms with Crippen molar-refractivity contribution in [2.75, 3.05) is 26.9 Å². The van der Waals surface area contributed by atoms with Crippen LogP contribution in [0.1, 0.15) is 62.9 Å². The molecule has 0 bridgehead atoms. The molecular formula is C55H60O7. The van der Waals surface area contributed by atoms with Crippen LogP contribution in [0.2, 0.25) is 0 Å². The van der Waals surface area contributed by atoms with Crippen molar-refractivity contribution >= 4 is 0 Å². The number of methoxy groups -OCH3 is 1. The third kappa shape index (κ3) is 10.8. The molecule has 6 aromatic rings. The molecule has 2 aliphatic rings. The Kier molecular flexibility index (Phi) is 14.8. The summed E-state index contributed by atoms with van der Waals surface area (Å²) in [6, 6.07) is 52.4. The summed E-state index contributed by atoms with van der Waals surface area (Å²) in [6.45, 7) is 9.96. The fourth-order valence-corrected chi connectivity index (χ4v) is 9.00. The number of aryl methyl sites for hydroxylation is 2. The summed E-state index contributed by atoms with van der Waals surface area (Å²) in [5.74, 6) is 1.57. The molecule has 0 N–H and O–H groups in total. The smallest absolute Gasteiger partial charge is 0.184 e. The van der Waals surface area contributed by atoms with E-state index >= 15 is 0 Å². The molecule has 1 aliphatic heterocycles. The fourth-order valence-electron chi connectivity index (χ4n) is 9.00. The van der Waals surface area contributed by atoms with E-state index in [9.17, 15) is 0 Å². The second-order valence-corrected chi connectivity index (χ2v) is 16.9. The molecule has 322 valence electrons. The van der Waals surface area contributed by atoms with Gasteiger partial charge in [-0.25, -0.2) is 0 Å². The van der Waals surface area contributed by atoms with Gasteiger partial charge < -0.3 is 33.2 Å². The van der Waals surface area contributed by atoms with Gasteiger partial charge in [-0.3, -0.25) is 0 Å². The molecule has 1 aliphatic carbocycles. The predicted octanol–water partition coefficient (Wildman–Crippen LogP) is 11.2. The Labute approximate surface area is 367 Å². The minimum Gasteiger partial charge on any atom is -0.493 e. The Balaban J connectivity index is 1.10. The van der Waals surface area contributed by atoms with E-state index in [-0.39, 0.29) is 35.9 Å². The van der Waals surface area contributed by atoms with Crippen molar-refractivity contribution in [3.63, 3.8) is 0 Å². The third-order valence-corrected chi connectivity index (χ3v) is 12.7. The third-order valence-electron chi connectivity index (χ3n) is 12.7. The highest BCUT2D eigenvalue weighted by molar-refractivity contribution is 5.51. The highest BCUT2D eigenvalue weighted by Crippen LogP contribution is 2.47. The predicted molar refractivity (Wildman–Crippen MR) is 243 cm³/mol. The minimum absolute atomic E-state index is 0.00683. The summed E-state index contributed by atoms with van der Waals surface area (Å²) < 4.78 is 46.0. The van der Waals surface area contributed by atoms with Crippen LogP contribution in [0.25, 0.3) is 0 Å². The molecule has 0 spiro atoms. The van der Waals surface area contributed by atoms with Crippen LogP contribution < -0.4 is 9.47 Å². The topological polar surface area (TPSA) is 64.6 Å². The normalized spacial score (nSPS) is 22.2. The lowest BCUT2D eigenvalue weighted by Crippen LogP contribution is -2.52. The maximum Gasteiger partial charge on any atom is 0.184 e. The monoisotopic (exact) mass is 832 g/mol. The number of hydrogen-bond donors (Lipinski definition) is 0. The first-order valence-corrected chi connectivity index (χ1v) is 22.0. The average Bonchev–Trinajstić information content (AvgIpc) is 3.31. The summed E-state index contributed by atoms with van der Waals surface area (Å²) in [4.78, 5) is 0. The van der Waals surface area contributed by atoms with Crippen molar-refractivity contribution in [3.8, 4) is 11.5 Å². The summed E-state index contributed by atoms with van der Waals surface area (Å²) in [5.41, 5.74) is 10.8. The van der Waals surface area contributed by atoms with Gasteiger partial charge >= 0.3 is 0 Å². The van der Waals surface area contributed by atoms with Crippen molar-refractivity contribution in [3.05, 3.63) is 202 Å². The molecule has 0 aromatic heterocycles. The van der Waals surface area contributed by atoms with Crippen LogP contribution in [-0.2, 0) is 56.5 Å². The van der Waals surface area contributed by atoms with Crippen LogP contribution in [0, 0.1) is 31.6 Å². The Morgan fingerprint density at radius 2 is 1.16 bits per heavy atom. The van der Waals surface area contributed by atoms with Gasteiger partial charge in [-0.2, -0.15) is 0 Å². The van der Waals surface area contributed by atoms with E-state index in [1.54, 1.807) is 7.11 Å². The van der Waals surface area contributed by atoms with E-state index in [0.29, 0.717) is 57.7 Å².